The molecule has 1 amide bonds. The predicted molar refractivity (Wildman–Crippen MR) is 71.6 cm³/mol. The van der Waals surface area contributed by atoms with Crippen LogP contribution >= 0.6 is 0 Å². The molecule has 2 unspecified atom stereocenters. The molecule has 0 saturated carbocycles. The lowest BCUT2D eigenvalue weighted by Gasteiger charge is -2.36. The SMILES string of the molecule is COc1ncccc1C(=O)N1CCC(C)CC1C(=O)O. The van der Waals surface area contributed by atoms with Gasteiger partial charge in [0.1, 0.15) is 11.6 Å². The third kappa shape index (κ3) is 2.74. The van der Waals surface area contributed by atoms with Crippen LogP contribution in [0.2, 0.25) is 0 Å². The quantitative estimate of drug-likeness (QED) is 0.904. The Morgan fingerprint density at radius 2 is 2.25 bits per heavy atom. The minimum absolute atomic E-state index is 0.222. The van der Waals surface area contributed by atoms with Gasteiger partial charge in [0.25, 0.3) is 5.91 Å². The van der Waals surface area contributed by atoms with Crippen molar-refractivity contribution in [2.24, 2.45) is 5.92 Å². The maximum atomic E-state index is 12.5. The molecule has 0 bridgehead atoms. The number of nitrogens with zero attached hydrogens (tertiary/aromatic N) is 2. The summed E-state index contributed by atoms with van der Waals surface area (Å²) in [4.78, 5) is 29.3. The van der Waals surface area contributed by atoms with Gasteiger partial charge in [0.2, 0.25) is 5.88 Å². The number of aromatic nitrogens is 1. The number of ether oxygens (including phenoxy) is 1. The van der Waals surface area contributed by atoms with Crippen molar-refractivity contribution in [1.82, 2.24) is 9.88 Å². The fourth-order valence-electron chi connectivity index (χ4n) is 2.49. The van der Waals surface area contributed by atoms with Crippen molar-refractivity contribution in [1.29, 1.82) is 0 Å². The van der Waals surface area contributed by atoms with E-state index in [4.69, 9.17) is 4.74 Å². The molecule has 2 rings (SSSR count). The normalized spacial score (nSPS) is 22.4. The van der Waals surface area contributed by atoms with Gasteiger partial charge >= 0.3 is 5.97 Å². The molecule has 1 saturated heterocycles. The Hall–Kier alpha value is -2.11. The predicted octanol–water partition coefficient (Wildman–Crippen LogP) is 1.42. The fourth-order valence-corrected chi connectivity index (χ4v) is 2.49. The van der Waals surface area contributed by atoms with Crippen molar-refractivity contribution in [2.75, 3.05) is 13.7 Å². The summed E-state index contributed by atoms with van der Waals surface area (Å²) in [5.74, 6) is -0.779. The van der Waals surface area contributed by atoms with E-state index in [1.807, 2.05) is 6.92 Å². The Bertz CT molecular complexity index is 518. The molecule has 1 aromatic rings. The summed E-state index contributed by atoms with van der Waals surface area (Å²) in [7, 11) is 1.44. The van der Waals surface area contributed by atoms with Crippen LogP contribution in [0.3, 0.4) is 0 Å². The fraction of sp³-hybridized carbons (Fsp3) is 0.500. The van der Waals surface area contributed by atoms with Gasteiger partial charge in [-0.25, -0.2) is 9.78 Å². The Labute approximate surface area is 117 Å². The van der Waals surface area contributed by atoms with Crippen LogP contribution < -0.4 is 4.74 Å². The number of aliphatic carboxylic acids is 1. The maximum absolute atomic E-state index is 12.5. The molecule has 2 heterocycles. The van der Waals surface area contributed by atoms with Crippen LogP contribution in [-0.2, 0) is 4.79 Å². The molecule has 108 valence electrons. The second-order valence-corrected chi connectivity index (χ2v) is 5.04. The van der Waals surface area contributed by atoms with Gasteiger partial charge in [0, 0.05) is 12.7 Å². The summed E-state index contributed by atoms with van der Waals surface area (Å²) in [6.07, 6.45) is 2.81. The van der Waals surface area contributed by atoms with E-state index >= 15 is 0 Å². The van der Waals surface area contributed by atoms with Crippen molar-refractivity contribution in [3.05, 3.63) is 23.9 Å². The van der Waals surface area contributed by atoms with Crippen molar-refractivity contribution in [2.45, 2.75) is 25.8 Å². The van der Waals surface area contributed by atoms with Crippen LogP contribution in [0, 0.1) is 5.92 Å². The molecule has 1 aliphatic heterocycles. The van der Waals surface area contributed by atoms with Crippen LogP contribution in [0.1, 0.15) is 30.1 Å². The highest BCUT2D eigenvalue weighted by Gasteiger charge is 2.36. The first-order valence-electron chi connectivity index (χ1n) is 6.57. The minimum Gasteiger partial charge on any atom is -0.480 e. The van der Waals surface area contributed by atoms with Crippen LogP contribution in [0.5, 0.6) is 5.88 Å². The molecule has 0 aromatic carbocycles. The number of pyridine rings is 1. The van der Waals surface area contributed by atoms with E-state index in [1.54, 1.807) is 12.1 Å². The summed E-state index contributed by atoms with van der Waals surface area (Å²) in [6, 6.07) is 2.46. The van der Waals surface area contributed by atoms with Crippen LogP contribution in [0.4, 0.5) is 0 Å². The van der Waals surface area contributed by atoms with Crippen molar-refractivity contribution >= 4 is 11.9 Å². The van der Waals surface area contributed by atoms with Gasteiger partial charge in [-0.2, -0.15) is 0 Å². The zero-order chi connectivity index (χ0) is 14.7. The lowest BCUT2D eigenvalue weighted by molar-refractivity contribution is -0.144. The van der Waals surface area contributed by atoms with E-state index in [9.17, 15) is 14.7 Å². The second-order valence-electron chi connectivity index (χ2n) is 5.04. The number of rotatable bonds is 3. The first kappa shape index (κ1) is 14.3. The number of methoxy groups -OCH3 is 1. The molecule has 1 aliphatic rings. The highest BCUT2D eigenvalue weighted by atomic mass is 16.5. The van der Waals surface area contributed by atoms with Crippen LogP contribution in [-0.4, -0.2) is 46.6 Å². The van der Waals surface area contributed by atoms with Gasteiger partial charge in [0.05, 0.1) is 7.11 Å². The third-order valence-electron chi connectivity index (χ3n) is 3.61. The van der Waals surface area contributed by atoms with Crippen LogP contribution in [0.25, 0.3) is 0 Å². The lowest BCUT2D eigenvalue weighted by atomic mass is 9.92. The maximum Gasteiger partial charge on any atom is 0.326 e. The number of hydrogen-bond donors (Lipinski definition) is 1. The van der Waals surface area contributed by atoms with Gasteiger partial charge in [-0.05, 0) is 30.9 Å². The minimum atomic E-state index is -0.965. The molecule has 6 nitrogen and oxygen atoms in total. The number of carbonyl (C=O) groups excluding carboxylic acids is 1. The molecule has 2 atom stereocenters. The number of likely N-dealkylation sites (tertiary alicyclic amines) is 1. The molecule has 0 aliphatic carbocycles. The molecule has 20 heavy (non-hydrogen) atoms. The zero-order valence-electron chi connectivity index (χ0n) is 11.6. The van der Waals surface area contributed by atoms with Gasteiger partial charge in [0.15, 0.2) is 0 Å². The number of amides is 1. The van der Waals surface area contributed by atoms with E-state index < -0.39 is 12.0 Å². The van der Waals surface area contributed by atoms with Crippen molar-refractivity contribution < 1.29 is 19.4 Å². The van der Waals surface area contributed by atoms with Gasteiger partial charge in [-0.1, -0.05) is 6.92 Å². The molecule has 1 aromatic heterocycles. The molecule has 6 heteroatoms. The molecule has 0 radical (unpaired) electrons. The number of carboxylic acids is 1. The van der Waals surface area contributed by atoms with E-state index in [2.05, 4.69) is 4.98 Å². The standard InChI is InChI=1S/C14H18N2O4/c1-9-5-7-16(11(8-9)14(18)19)13(17)10-4-3-6-15-12(10)20-2/h3-4,6,9,11H,5,7-8H2,1-2H3,(H,18,19). The monoisotopic (exact) mass is 278 g/mol. The Kier molecular flexibility index (Phi) is 4.22. The average molecular weight is 278 g/mol. The summed E-state index contributed by atoms with van der Waals surface area (Å²) < 4.78 is 5.07. The highest BCUT2D eigenvalue weighted by Crippen LogP contribution is 2.26. The number of carboxylic acid groups (broad SMARTS) is 1. The van der Waals surface area contributed by atoms with E-state index in [0.717, 1.165) is 6.42 Å². The first-order chi connectivity index (χ1) is 9.54. The highest BCUT2D eigenvalue weighted by molar-refractivity contribution is 5.98. The summed E-state index contributed by atoms with van der Waals surface area (Å²) in [6.45, 7) is 2.44. The molecular formula is C14H18N2O4. The topological polar surface area (TPSA) is 79.7 Å². The summed E-state index contributed by atoms with van der Waals surface area (Å²) >= 11 is 0. The largest absolute Gasteiger partial charge is 0.480 e. The van der Waals surface area contributed by atoms with Gasteiger partial charge in [-0.3, -0.25) is 4.79 Å². The number of piperidine rings is 1. The van der Waals surface area contributed by atoms with E-state index in [-0.39, 0.29) is 11.8 Å². The third-order valence-corrected chi connectivity index (χ3v) is 3.61. The molecule has 1 N–H and O–H groups in total. The first-order valence-corrected chi connectivity index (χ1v) is 6.57. The Morgan fingerprint density at radius 3 is 2.90 bits per heavy atom. The molecular weight excluding hydrogens is 260 g/mol. The van der Waals surface area contributed by atoms with Gasteiger partial charge in [-0.15, -0.1) is 0 Å². The van der Waals surface area contributed by atoms with Crippen molar-refractivity contribution in [3.63, 3.8) is 0 Å². The zero-order valence-corrected chi connectivity index (χ0v) is 11.6. The Morgan fingerprint density at radius 1 is 1.50 bits per heavy atom. The number of carbonyl (C=O) groups is 2. The van der Waals surface area contributed by atoms with E-state index in [0.29, 0.717) is 24.4 Å². The summed E-state index contributed by atoms with van der Waals surface area (Å²) in [5.41, 5.74) is 0.302. The second kappa shape index (κ2) is 5.90. The smallest absolute Gasteiger partial charge is 0.326 e. The number of hydrogen-bond acceptors (Lipinski definition) is 4. The lowest BCUT2D eigenvalue weighted by Crippen LogP contribution is -2.49. The van der Waals surface area contributed by atoms with Gasteiger partial charge < -0.3 is 14.7 Å². The van der Waals surface area contributed by atoms with Crippen LogP contribution in [0.15, 0.2) is 18.3 Å². The summed E-state index contributed by atoms with van der Waals surface area (Å²) in [5, 5.41) is 9.31. The molecule has 1 fully saturated rings. The Balaban J connectivity index is 2.29. The van der Waals surface area contributed by atoms with E-state index in [1.165, 1.54) is 18.2 Å². The molecule has 0 spiro atoms. The average Bonchev–Trinajstić information content (AvgIpc) is 2.46. The van der Waals surface area contributed by atoms with Crippen molar-refractivity contribution in [3.8, 4) is 5.88 Å².